The molecule has 11 nitrogen and oxygen atoms in total. The molecule has 1 fully saturated rings. The molecule has 1 amide bonds. The maximum Gasteiger partial charge on any atom is 0.344 e. The average molecular weight is 501 g/mol. The summed E-state index contributed by atoms with van der Waals surface area (Å²) in [5.41, 5.74) is -3.63. The minimum atomic E-state index is -4.18. The van der Waals surface area contributed by atoms with Crippen LogP contribution in [-0.2, 0) is 37.5 Å². The number of hydrogen-bond acceptors (Lipinski definition) is 10. The predicted octanol–water partition coefficient (Wildman–Crippen LogP) is 2.42. The van der Waals surface area contributed by atoms with Gasteiger partial charge in [0.1, 0.15) is 0 Å². The van der Waals surface area contributed by atoms with Crippen molar-refractivity contribution in [1.82, 2.24) is 5.32 Å². The van der Waals surface area contributed by atoms with E-state index in [4.69, 9.17) is 28.0 Å². The quantitative estimate of drug-likeness (QED) is 0.258. The third-order valence-corrected chi connectivity index (χ3v) is 7.74. The number of rotatable bonds is 12. The van der Waals surface area contributed by atoms with Crippen LogP contribution in [0, 0.1) is 0 Å². The lowest BCUT2D eigenvalue weighted by Crippen LogP contribution is -2.60. The van der Waals surface area contributed by atoms with Crippen molar-refractivity contribution in [2.45, 2.75) is 44.8 Å². The van der Waals surface area contributed by atoms with E-state index in [0.29, 0.717) is 5.75 Å². The fourth-order valence-corrected chi connectivity index (χ4v) is 6.25. The summed E-state index contributed by atoms with van der Waals surface area (Å²) in [6.07, 6.45) is 0. The minimum Gasteiger partial charge on any atom is -0.493 e. The summed E-state index contributed by atoms with van der Waals surface area (Å²) in [5.74, 6) is -3.71. The van der Waals surface area contributed by atoms with Crippen molar-refractivity contribution in [2.75, 3.05) is 40.6 Å². The number of amides is 1. The zero-order valence-electron chi connectivity index (χ0n) is 20.2. The molecule has 2 atom stereocenters. The highest BCUT2D eigenvalue weighted by Crippen LogP contribution is 2.62. The highest BCUT2D eigenvalue weighted by molar-refractivity contribution is 7.56. The van der Waals surface area contributed by atoms with Gasteiger partial charge in [-0.15, -0.1) is 0 Å². The summed E-state index contributed by atoms with van der Waals surface area (Å²) in [6.45, 7) is 6.07. The van der Waals surface area contributed by atoms with Crippen LogP contribution in [-0.4, -0.2) is 69.7 Å². The fraction of sp³-hybridized carbons (Fsp3) is 0.591. The second-order valence-corrected chi connectivity index (χ2v) is 9.30. The van der Waals surface area contributed by atoms with Gasteiger partial charge in [-0.25, -0.2) is 9.59 Å². The van der Waals surface area contributed by atoms with E-state index < -0.39 is 42.6 Å². The summed E-state index contributed by atoms with van der Waals surface area (Å²) in [5, 5.41) is 2.43. The Balaban J connectivity index is 2.89. The average Bonchev–Trinajstić information content (AvgIpc) is 3.14. The molecule has 1 aromatic carbocycles. The van der Waals surface area contributed by atoms with Crippen LogP contribution in [0.1, 0.15) is 39.2 Å². The van der Waals surface area contributed by atoms with E-state index in [0.717, 1.165) is 0 Å². The summed E-state index contributed by atoms with van der Waals surface area (Å²) in [6, 6.07) is 4.57. The number of carbonyl (C=O) groups is 3. The van der Waals surface area contributed by atoms with E-state index in [1.54, 1.807) is 33.8 Å². The summed E-state index contributed by atoms with van der Waals surface area (Å²) < 4.78 is 45.8. The largest absolute Gasteiger partial charge is 0.493 e. The van der Waals surface area contributed by atoms with Gasteiger partial charge in [-0.1, -0.05) is 6.07 Å². The van der Waals surface area contributed by atoms with E-state index in [1.807, 2.05) is 0 Å². The number of hydrogen-bond donors (Lipinski definition) is 1. The van der Waals surface area contributed by atoms with E-state index in [1.165, 1.54) is 26.4 Å². The maximum atomic E-state index is 13.9. The van der Waals surface area contributed by atoms with E-state index in [-0.39, 0.29) is 37.7 Å². The number of carbonyl (C=O) groups excluding carboxylic acids is 3. The summed E-state index contributed by atoms with van der Waals surface area (Å²) in [4.78, 5) is 40.0. The van der Waals surface area contributed by atoms with E-state index in [2.05, 4.69) is 5.32 Å². The minimum absolute atomic E-state index is 0.0362. The number of ether oxygens (including phenoxy) is 4. The van der Waals surface area contributed by atoms with Gasteiger partial charge >= 0.3 is 19.5 Å². The van der Waals surface area contributed by atoms with Gasteiger partial charge in [0.15, 0.2) is 17.2 Å². The Bertz CT molecular complexity index is 922. The monoisotopic (exact) mass is 501 g/mol. The second-order valence-electron chi connectivity index (χ2n) is 7.15. The van der Waals surface area contributed by atoms with Crippen LogP contribution in [0.4, 0.5) is 0 Å². The van der Waals surface area contributed by atoms with Crippen molar-refractivity contribution in [3.63, 3.8) is 0 Å². The Hall–Kier alpha value is -2.62. The Morgan fingerprint density at radius 2 is 1.44 bits per heavy atom. The first kappa shape index (κ1) is 27.6. The Morgan fingerprint density at radius 1 is 0.912 bits per heavy atom. The van der Waals surface area contributed by atoms with E-state index >= 15 is 0 Å². The molecule has 0 saturated carbocycles. The molecule has 1 heterocycles. The lowest BCUT2D eigenvalue weighted by molar-refractivity contribution is -0.167. The first-order valence-corrected chi connectivity index (χ1v) is 12.6. The summed E-state index contributed by atoms with van der Waals surface area (Å²) in [7, 11) is -1.33. The molecule has 0 aromatic heterocycles. The van der Waals surface area contributed by atoms with Crippen LogP contribution < -0.4 is 14.8 Å². The smallest absolute Gasteiger partial charge is 0.344 e. The van der Waals surface area contributed by atoms with Gasteiger partial charge in [0.2, 0.25) is 11.4 Å². The standard InChI is InChI=1S/C22H32NO10P/c1-7-30-20(25)22(21(26)31-8-2)17(14-11-12-15(28-5)16(13-14)29-6)18(19(24)23-22)34(27,32-9-3)33-10-4/h11-13,17-18H,7-10H2,1-6H3,(H,23,24)/t17-,18-/m1/s1. The van der Waals surface area contributed by atoms with Crippen LogP contribution >= 0.6 is 7.60 Å². The van der Waals surface area contributed by atoms with Crippen LogP contribution in [0.25, 0.3) is 0 Å². The van der Waals surface area contributed by atoms with Crippen molar-refractivity contribution in [1.29, 1.82) is 0 Å². The zero-order chi connectivity index (χ0) is 25.5. The van der Waals surface area contributed by atoms with Gasteiger partial charge in [-0.3, -0.25) is 9.36 Å². The van der Waals surface area contributed by atoms with Gasteiger partial charge in [0.05, 0.1) is 46.6 Å². The Labute approximate surface area is 198 Å². The molecule has 0 bridgehead atoms. The normalized spacial score (nSPS) is 19.3. The van der Waals surface area contributed by atoms with Crippen molar-refractivity contribution in [2.24, 2.45) is 0 Å². The van der Waals surface area contributed by atoms with Gasteiger partial charge in [0.25, 0.3) is 0 Å². The highest BCUT2D eigenvalue weighted by atomic mass is 31.2. The molecule has 1 aromatic rings. The molecule has 1 aliphatic heterocycles. The molecule has 0 radical (unpaired) electrons. The summed E-state index contributed by atoms with van der Waals surface area (Å²) >= 11 is 0. The zero-order valence-corrected chi connectivity index (χ0v) is 21.1. The molecule has 1 aliphatic rings. The fourth-order valence-electron chi connectivity index (χ4n) is 4.03. The molecule has 190 valence electrons. The van der Waals surface area contributed by atoms with Gasteiger partial charge in [-0.2, -0.15) is 0 Å². The Kier molecular flexibility index (Phi) is 9.49. The molecule has 0 unspecified atom stereocenters. The first-order chi connectivity index (χ1) is 16.2. The van der Waals surface area contributed by atoms with Crippen molar-refractivity contribution in [3.05, 3.63) is 23.8 Å². The van der Waals surface area contributed by atoms with Crippen LogP contribution in [0.5, 0.6) is 11.5 Å². The molecular formula is C22H32NO10P. The third kappa shape index (κ3) is 4.92. The number of benzene rings is 1. The van der Waals surface area contributed by atoms with Gasteiger partial charge < -0.3 is 33.3 Å². The van der Waals surface area contributed by atoms with Crippen LogP contribution in [0.2, 0.25) is 0 Å². The van der Waals surface area contributed by atoms with Crippen LogP contribution in [0.3, 0.4) is 0 Å². The SMILES string of the molecule is CCOC(=O)C1(C(=O)OCC)NC(=O)[C@H](P(=O)(OCC)OCC)[C@H]1c1ccc(OC)c(OC)c1. The Morgan fingerprint density at radius 3 is 1.88 bits per heavy atom. The first-order valence-electron chi connectivity index (χ1n) is 11.0. The number of nitrogens with one attached hydrogen (secondary N) is 1. The van der Waals surface area contributed by atoms with Gasteiger partial charge in [0, 0.05) is 0 Å². The predicted molar refractivity (Wildman–Crippen MR) is 121 cm³/mol. The van der Waals surface area contributed by atoms with Crippen LogP contribution in [0.15, 0.2) is 18.2 Å². The highest BCUT2D eigenvalue weighted by Gasteiger charge is 2.70. The maximum absolute atomic E-state index is 13.9. The molecular weight excluding hydrogens is 469 g/mol. The molecule has 1 N–H and O–H groups in total. The van der Waals surface area contributed by atoms with Gasteiger partial charge in [-0.05, 0) is 45.4 Å². The van der Waals surface area contributed by atoms with Crippen molar-refractivity contribution in [3.8, 4) is 11.5 Å². The molecule has 0 aliphatic carbocycles. The number of esters is 2. The second kappa shape index (κ2) is 11.7. The molecule has 12 heteroatoms. The van der Waals surface area contributed by atoms with Crippen molar-refractivity contribution < 1.29 is 46.9 Å². The van der Waals surface area contributed by atoms with E-state index in [9.17, 15) is 18.9 Å². The molecule has 0 spiro atoms. The molecule has 2 rings (SSSR count). The lowest BCUT2D eigenvalue weighted by Gasteiger charge is -2.33. The number of methoxy groups -OCH3 is 2. The molecule has 1 saturated heterocycles. The van der Waals surface area contributed by atoms with Crippen molar-refractivity contribution >= 4 is 25.4 Å². The third-order valence-electron chi connectivity index (χ3n) is 5.29. The lowest BCUT2D eigenvalue weighted by atomic mass is 9.79. The molecule has 34 heavy (non-hydrogen) atoms. The topological polar surface area (TPSA) is 136 Å².